The Morgan fingerprint density at radius 2 is 1.95 bits per heavy atom. The van der Waals surface area contributed by atoms with E-state index >= 15 is 0 Å². The lowest BCUT2D eigenvalue weighted by atomic mass is 10.1. The van der Waals surface area contributed by atoms with Gasteiger partial charge in [0.25, 0.3) is 5.69 Å². The van der Waals surface area contributed by atoms with Crippen molar-refractivity contribution in [1.29, 1.82) is 0 Å². The van der Waals surface area contributed by atoms with E-state index in [0.29, 0.717) is 5.56 Å². The molecule has 0 heterocycles. The Balaban J connectivity index is 2.06. The first kappa shape index (κ1) is 14.0. The lowest BCUT2D eigenvalue weighted by Gasteiger charge is -2.12. The van der Waals surface area contributed by atoms with Crippen LogP contribution in [0.5, 0.6) is 5.75 Å². The highest BCUT2D eigenvalue weighted by atomic mass is 19.1. The Kier molecular flexibility index (Phi) is 4.27. The van der Waals surface area contributed by atoms with Crippen LogP contribution in [0.15, 0.2) is 48.5 Å². The molecule has 5 nitrogen and oxygen atoms in total. The number of non-ortho nitro benzene ring substituents is 1. The number of benzene rings is 2. The van der Waals surface area contributed by atoms with Crippen molar-refractivity contribution in [2.75, 3.05) is 6.61 Å². The first-order valence-corrected chi connectivity index (χ1v) is 5.87. The lowest BCUT2D eigenvalue weighted by Crippen LogP contribution is -2.09. The summed E-state index contributed by atoms with van der Waals surface area (Å²) in [5.74, 6) is -0.755. The monoisotopic (exact) mass is 277 g/mol. The molecule has 0 bridgehead atoms. The van der Waals surface area contributed by atoms with Crippen molar-refractivity contribution in [1.82, 2.24) is 0 Å². The first-order chi connectivity index (χ1) is 9.56. The summed E-state index contributed by atoms with van der Waals surface area (Å²) in [6.45, 7) is -0.120. The molecule has 0 aliphatic carbocycles. The van der Waals surface area contributed by atoms with Gasteiger partial charge in [-0.25, -0.2) is 4.39 Å². The fraction of sp³-hybridized carbons (Fsp3) is 0.143. The minimum absolute atomic E-state index is 0.00619. The predicted molar refractivity (Wildman–Crippen MR) is 70.0 cm³/mol. The molecular weight excluding hydrogens is 265 g/mol. The van der Waals surface area contributed by atoms with E-state index in [1.54, 1.807) is 24.3 Å². The first-order valence-electron chi connectivity index (χ1n) is 5.87. The van der Waals surface area contributed by atoms with Gasteiger partial charge >= 0.3 is 0 Å². The number of nitrogens with zero attached hydrogens (tertiary/aromatic N) is 1. The van der Waals surface area contributed by atoms with Gasteiger partial charge in [0.15, 0.2) is 0 Å². The standard InChI is InChI=1S/C14H12FNO4/c15-11-6-12(16(18)19)8-13(7-11)20-9-14(17)10-4-2-1-3-5-10/h1-8,14,17H,9H2. The minimum Gasteiger partial charge on any atom is -0.490 e. The molecule has 0 fully saturated rings. The van der Waals surface area contributed by atoms with Crippen molar-refractivity contribution in [3.05, 3.63) is 70.0 Å². The zero-order chi connectivity index (χ0) is 14.5. The largest absolute Gasteiger partial charge is 0.490 e. The van der Waals surface area contributed by atoms with Gasteiger partial charge in [-0.3, -0.25) is 10.1 Å². The van der Waals surface area contributed by atoms with Gasteiger partial charge in [0.1, 0.15) is 24.3 Å². The fourth-order valence-electron chi connectivity index (χ4n) is 1.68. The van der Waals surface area contributed by atoms with E-state index < -0.39 is 22.5 Å². The molecule has 104 valence electrons. The van der Waals surface area contributed by atoms with Crippen LogP contribution in [-0.4, -0.2) is 16.6 Å². The normalized spacial score (nSPS) is 11.9. The summed E-state index contributed by atoms with van der Waals surface area (Å²) >= 11 is 0. The zero-order valence-corrected chi connectivity index (χ0v) is 10.4. The van der Waals surface area contributed by atoms with Gasteiger partial charge in [0.05, 0.1) is 17.1 Å². The average molecular weight is 277 g/mol. The molecule has 1 N–H and O–H groups in total. The molecule has 0 amide bonds. The van der Waals surface area contributed by atoms with Gasteiger partial charge in [0, 0.05) is 6.07 Å². The van der Waals surface area contributed by atoms with Crippen molar-refractivity contribution in [2.45, 2.75) is 6.10 Å². The van der Waals surface area contributed by atoms with Crippen LogP contribution in [0.2, 0.25) is 0 Å². The third-order valence-electron chi connectivity index (χ3n) is 2.66. The Hall–Kier alpha value is -2.47. The molecule has 0 aliphatic heterocycles. The summed E-state index contributed by atoms with van der Waals surface area (Å²) in [5.41, 5.74) is 0.257. The molecule has 2 aromatic carbocycles. The summed E-state index contributed by atoms with van der Waals surface area (Å²) in [7, 11) is 0. The van der Waals surface area contributed by atoms with Crippen molar-refractivity contribution in [2.24, 2.45) is 0 Å². The van der Waals surface area contributed by atoms with Gasteiger partial charge in [-0.15, -0.1) is 0 Å². The number of hydrogen-bond acceptors (Lipinski definition) is 4. The Morgan fingerprint density at radius 3 is 2.60 bits per heavy atom. The molecule has 0 aliphatic rings. The van der Waals surface area contributed by atoms with Crippen LogP contribution in [0.1, 0.15) is 11.7 Å². The van der Waals surface area contributed by atoms with Crippen LogP contribution in [0.25, 0.3) is 0 Å². The molecule has 2 aromatic rings. The van der Waals surface area contributed by atoms with Crippen LogP contribution in [-0.2, 0) is 0 Å². The molecule has 0 saturated carbocycles. The molecule has 20 heavy (non-hydrogen) atoms. The third-order valence-corrected chi connectivity index (χ3v) is 2.66. The van der Waals surface area contributed by atoms with E-state index in [-0.39, 0.29) is 12.4 Å². The molecule has 0 radical (unpaired) electrons. The highest BCUT2D eigenvalue weighted by Crippen LogP contribution is 2.23. The molecule has 6 heteroatoms. The Morgan fingerprint density at radius 1 is 1.25 bits per heavy atom. The van der Waals surface area contributed by atoms with Crippen LogP contribution in [0, 0.1) is 15.9 Å². The van der Waals surface area contributed by atoms with Crippen LogP contribution >= 0.6 is 0 Å². The maximum absolute atomic E-state index is 13.2. The van der Waals surface area contributed by atoms with Crippen LogP contribution < -0.4 is 4.74 Å². The number of aliphatic hydroxyl groups excluding tert-OH is 1. The number of hydrogen-bond donors (Lipinski definition) is 1. The highest BCUT2D eigenvalue weighted by molar-refractivity contribution is 5.39. The summed E-state index contributed by atoms with van der Waals surface area (Å²) in [6.07, 6.45) is -0.890. The van der Waals surface area contributed by atoms with Gasteiger partial charge in [-0.05, 0) is 5.56 Å². The maximum atomic E-state index is 13.2. The molecular formula is C14H12FNO4. The van der Waals surface area contributed by atoms with E-state index in [0.717, 1.165) is 18.2 Å². The van der Waals surface area contributed by atoms with Crippen LogP contribution in [0.4, 0.5) is 10.1 Å². The predicted octanol–water partition coefficient (Wildman–Crippen LogP) is 2.85. The zero-order valence-electron chi connectivity index (χ0n) is 10.4. The number of aliphatic hydroxyl groups is 1. The molecule has 0 aromatic heterocycles. The summed E-state index contributed by atoms with van der Waals surface area (Å²) in [4.78, 5) is 9.89. The average Bonchev–Trinajstić information content (AvgIpc) is 2.45. The second-order valence-corrected chi connectivity index (χ2v) is 4.14. The van der Waals surface area contributed by atoms with E-state index in [4.69, 9.17) is 4.74 Å². The summed E-state index contributed by atoms with van der Waals surface area (Å²) in [5, 5.41) is 20.5. The maximum Gasteiger partial charge on any atom is 0.276 e. The van der Waals surface area contributed by atoms with E-state index in [2.05, 4.69) is 0 Å². The molecule has 0 saturated heterocycles. The highest BCUT2D eigenvalue weighted by Gasteiger charge is 2.13. The van der Waals surface area contributed by atoms with Crippen molar-refractivity contribution in [3.63, 3.8) is 0 Å². The number of nitro benzene ring substituents is 1. The Bertz CT molecular complexity index is 603. The smallest absolute Gasteiger partial charge is 0.276 e. The van der Waals surface area contributed by atoms with Crippen molar-refractivity contribution >= 4 is 5.69 Å². The fourth-order valence-corrected chi connectivity index (χ4v) is 1.68. The molecule has 2 rings (SSSR count). The number of rotatable bonds is 5. The molecule has 1 unspecified atom stereocenters. The third kappa shape index (κ3) is 3.52. The van der Waals surface area contributed by atoms with Gasteiger partial charge in [0.2, 0.25) is 0 Å². The lowest BCUT2D eigenvalue weighted by molar-refractivity contribution is -0.385. The van der Waals surface area contributed by atoms with Crippen molar-refractivity contribution in [3.8, 4) is 5.75 Å². The number of halogens is 1. The molecule has 1 atom stereocenters. The minimum atomic E-state index is -0.890. The van der Waals surface area contributed by atoms with Gasteiger partial charge in [-0.2, -0.15) is 0 Å². The van der Waals surface area contributed by atoms with Crippen LogP contribution in [0.3, 0.4) is 0 Å². The number of ether oxygens (including phenoxy) is 1. The van der Waals surface area contributed by atoms with E-state index in [9.17, 15) is 19.6 Å². The van der Waals surface area contributed by atoms with E-state index in [1.807, 2.05) is 6.07 Å². The topological polar surface area (TPSA) is 72.6 Å². The quantitative estimate of drug-likeness (QED) is 0.673. The molecule has 0 spiro atoms. The second-order valence-electron chi connectivity index (χ2n) is 4.14. The SMILES string of the molecule is O=[N+]([O-])c1cc(F)cc(OCC(O)c2ccccc2)c1. The Labute approximate surface area is 114 Å². The summed E-state index contributed by atoms with van der Waals surface area (Å²) < 4.78 is 18.4. The summed E-state index contributed by atoms with van der Waals surface area (Å²) in [6, 6.07) is 11.8. The van der Waals surface area contributed by atoms with E-state index in [1.165, 1.54) is 0 Å². The van der Waals surface area contributed by atoms with Gasteiger partial charge < -0.3 is 9.84 Å². The number of nitro groups is 1. The van der Waals surface area contributed by atoms with Gasteiger partial charge in [-0.1, -0.05) is 30.3 Å². The second kappa shape index (κ2) is 6.12. The van der Waals surface area contributed by atoms with Crippen molar-refractivity contribution < 1.29 is 19.2 Å².